The second-order valence-corrected chi connectivity index (χ2v) is 4.37. The van der Waals surface area contributed by atoms with Crippen LogP contribution in [-0.2, 0) is 7.05 Å². The van der Waals surface area contributed by atoms with Crippen LogP contribution in [0.2, 0.25) is 0 Å². The summed E-state index contributed by atoms with van der Waals surface area (Å²) in [7, 11) is 1.77. The van der Waals surface area contributed by atoms with Gasteiger partial charge in [0.15, 0.2) is 16.1 Å². The maximum Gasteiger partial charge on any atom is 0.196 e. The first-order valence-electron chi connectivity index (χ1n) is 4.95. The van der Waals surface area contributed by atoms with Crippen molar-refractivity contribution < 1.29 is 5.21 Å². The van der Waals surface area contributed by atoms with Crippen LogP contribution in [0.1, 0.15) is 11.4 Å². The number of amidine groups is 1. The summed E-state index contributed by atoms with van der Waals surface area (Å²) in [5, 5.41) is 16.6. The molecule has 0 amide bonds. The molecule has 8 nitrogen and oxygen atoms in total. The molecule has 0 radical (unpaired) electrons. The average Bonchev–Trinajstić information content (AvgIpc) is 2.73. The molecule has 3 N–H and O–H groups in total. The van der Waals surface area contributed by atoms with Crippen LogP contribution >= 0.6 is 11.8 Å². The minimum atomic E-state index is -0.0553. The second-order valence-electron chi connectivity index (χ2n) is 3.43. The lowest BCUT2D eigenvalue weighted by molar-refractivity contribution is 0.318. The van der Waals surface area contributed by atoms with Gasteiger partial charge in [0.05, 0.1) is 0 Å². The molecule has 2 aromatic rings. The fraction of sp³-hybridized carbons (Fsp3) is 0.222. The molecule has 2 heterocycles. The van der Waals surface area contributed by atoms with Crippen molar-refractivity contribution in [2.45, 2.75) is 17.2 Å². The summed E-state index contributed by atoms with van der Waals surface area (Å²) < 4.78 is 1.61. The zero-order valence-corrected chi connectivity index (χ0v) is 10.6. The number of hydrogen-bond acceptors (Lipinski definition) is 7. The Morgan fingerprint density at radius 2 is 2.28 bits per heavy atom. The van der Waals surface area contributed by atoms with E-state index in [1.807, 2.05) is 0 Å². The van der Waals surface area contributed by atoms with E-state index in [0.717, 1.165) is 5.69 Å². The minimum Gasteiger partial charge on any atom is -0.409 e. The summed E-state index contributed by atoms with van der Waals surface area (Å²) >= 11 is 1.25. The van der Waals surface area contributed by atoms with Crippen molar-refractivity contribution in [2.75, 3.05) is 0 Å². The van der Waals surface area contributed by atoms with Gasteiger partial charge in [-0.3, -0.25) is 0 Å². The number of nitrogens with two attached hydrogens (primary N) is 1. The van der Waals surface area contributed by atoms with Crippen LogP contribution in [0.3, 0.4) is 0 Å². The molecule has 0 atom stereocenters. The molecule has 0 saturated carbocycles. The summed E-state index contributed by atoms with van der Waals surface area (Å²) in [5.41, 5.74) is 6.59. The van der Waals surface area contributed by atoms with Crippen LogP contribution in [0.15, 0.2) is 27.9 Å². The van der Waals surface area contributed by atoms with E-state index < -0.39 is 0 Å². The van der Waals surface area contributed by atoms with E-state index in [2.05, 4.69) is 25.2 Å². The molecule has 0 saturated heterocycles. The highest BCUT2D eigenvalue weighted by Crippen LogP contribution is 2.21. The quantitative estimate of drug-likeness (QED) is 0.267. The Morgan fingerprint density at radius 1 is 1.50 bits per heavy atom. The fourth-order valence-electron chi connectivity index (χ4n) is 1.23. The highest BCUT2D eigenvalue weighted by molar-refractivity contribution is 7.99. The van der Waals surface area contributed by atoms with E-state index in [-0.39, 0.29) is 5.84 Å². The summed E-state index contributed by atoms with van der Waals surface area (Å²) in [6.07, 6.45) is 1.45. The van der Waals surface area contributed by atoms with Crippen molar-refractivity contribution in [2.24, 2.45) is 17.9 Å². The van der Waals surface area contributed by atoms with Crippen molar-refractivity contribution in [1.82, 2.24) is 24.7 Å². The van der Waals surface area contributed by atoms with E-state index in [1.165, 1.54) is 18.1 Å². The van der Waals surface area contributed by atoms with E-state index in [4.69, 9.17) is 10.9 Å². The molecule has 0 spiro atoms. The largest absolute Gasteiger partial charge is 0.409 e. The van der Waals surface area contributed by atoms with Crippen LogP contribution in [0.25, 0.3) is 0 Å². The number of aryl methyl sites for hydroxylation is 2. The van der Waals surface area contributed by atoms with Crippen LogP contribution < -0.4 is 5.73 Å². The first-order chi connectivity index (χ1) is 8.60. The lowest BCUT2D eigenvalue weighted by atomic mass is 10.3. The molecule has 2 rings (SSSR count). The minimum absolute atomic E-state index is 0.0553. The third-order valence-corrected chi connectivity index (χ3v) is 2.97. The van der Waals surface area contributed by atoms with Gasteiger partial charge >= 0.3 is 0 Å². The van der Waals surface area contributed by atoms with E-state index in [0.29, 0.717) is 16.0 Å². The number of rotatable bonds is 3. The Labute approximate surface area is 107 Å². The van der Waals surface area contributed by atoms with Gasteiger partial charge in [-0.1, -0.05) is 5.16 Å². The van der Waals surface area contributed by atoms with Crippen molar-refractivity contribution in [3.05, 3.63) is 23.8 Å². The van der Waals surface area contributed by atoms with Gasteiger partial charge in [-0.15, -0.1) is 0 Å². The first-order valence-corrected chi connectivity index (χ1v) is 5.77. The van der Waals surface area contributed by atoms with Crippen LogP contribution in [0.4, 0.5) is 0 Å². The average molecular weight is 265 g/mol. The smallest absolute Gasteiger partial charge is 0.196 e. The zero-order chi connectivity index (χ0) is 13.1. The second kappa shape index (κ2) is 5.00. The van der Waals surface area contributed by atoms with Crippen LogP contribution in [-0.4, -0.2) is 35.8 Å². The number of aromatic nitrogens is 5. The van der Waals surface area contributed by atoms with Crippen LogP contribution in [0.5, 0.6) is 0 Å². The van der Waals surface area contributed by atoms with E-state index >= 15 is 0 Å². The maximum atomic E-state index is 8.64. The number of hydrogen-bond donors (Lipinski definition) is 2. The van der Waals surface area contributed by atoms with Crippen molar-refractivity contribution >= 4 is 17.6 Å². The Morgan fingerprint density at radius 3 is 2.89 bits per heavy atom. The zero-order valence-electron chi connectivity index (χ0n) is 9.77. The van der Waals surface area contributed by atoms with Gasteiger partial charge in [-0.25, -0.2) is 19.6 Å². The molecule has 18 heavy (non-hydrogen) atoms. The molecular weight excluding hydrogens is 254 g/mol. The predicted molar refractivity (Wildman–Crippen MR) is 64.4 cm³/mol. The van der Waals surface area contributed by atoms with Gasteiger partial charge in [0.25, 0.3) is 0 Å². The summed E-state index contributed by atoms with van der Waals surface area (Å²) in [4.78, 5) is 12.5. The Balaban J connectivity index is 2.34. The third-order valence-electron chi connectivity index (χ3n) is 2.06. The normalized spacial score (nSPS) is 11.8. The first kappa shape index (κ1) is 12.3. The van der Waals surface area contributed by atoms with Crippen LogP contribution in [0, 0.1) is 6.92 Å². The van der Waals surface area contributed by atoms with Gasteiger partial charge in [-0.05, 0) is 24.8 Å². The van der Waals surface area contributed by atoms with Crippen molar-refractivity contribution in [3.8, 4) is 0 Å². The monoisotopic (exact) mass is 265 g/mol. The highest BCUT2D eigenvalue weighted by atomic mass is 32.2. The Kier molecular flexibility index (Phi) is 3.42. The summed E-state index contributed by atoms with van der Waals surface area (Å²) in [6, 6.07) is 1.63. The lowest BCUT2D eigenvalue weighted by Crippen LogP contribution is -2.16. The maximum absolute atomic E-state index is 8.64. The third kappa shape index (κ3) is 2.56. The fourth-order valence-corrected chi connectivity index (χ4v) is 2.01. The van der Waals surface area contributed by atoms with Gasteiger partial charge in [0.1, 0.15) is 12.0 Å². The topological polar surface area (TPSA) is 115 Å². The van der Waals surface area contributed by atoms with Crippen molar-refractivity contribution in [3.63, 3.8) is 0 Å². The van der Waals surface area contributed by atoms with Crippen molar-refractivity contribution in [1.29, 1.82) is 0 Å². The lowest BCUT2D eigenvalue weighted by Gasteiger charge is -2.03. The standard InChI is InChI=1S/C9H11N7OS/c1-5-3-6(7(10)15-17)14-8(13-5)18-9-11-4-12-16(9)2/h3-4,17H,1-2H3,(H2,10,15). The number of oxime groups is 1. The molecule has 9 heteroatoms. The molecule has 94 valence electrons. The predicted octanol–water partition coefficient (Wildman–Crippen LogP) is 0.159. The molecule has 0 fully saturated rings. The molecule has 2 aromatic heterocycles. The highest BCUT2D eigenvalue weighted by Gasteiger charge is 2.10. The molecule has 0 aliphatic heterocycles. The Hall–Kier alpha value is -2.16. The number of nitrogens with zero attached hydrogens (tertiary/aromatic N) is 6. The molecule has 0 aliphatic carbocycles. The van der Waals surface area contributed by atoms with Gasteiger partial charge < -0.3 is 10.9 Å². The molecule has 0 aliphatic rings. The van der Waals surface area contributed by atoms with E-state index in [9.17, 15) is 0 Å². The van der Waals surface area contributed by atoms with E-state index in [1.54, 1.807) is 24.7 Å². The summed E-state index contributed by atoms with van der Waals surface area (Å²) in [5.74, 6) is -0.0553. The summed E-state index contributed by atoms with van der Waals surface area (Å²) in [6.45, 7) is 1.80. The SMILES string of the molecule is Cc1cc(/C(N)=N/O)nc(Sc2ncnn2C)n1. The Bertz CT molecular complexity index is 594. The van der Waals surface area contributed by atoms with Gasteiger partial charge in [0.2, 0.25) is 0 Å². The molecule has 0 unspecified atom stereocenters. The molecular formula is C9H11N7OS. The van der Waals surface area contributed by atoms with Gasteiger partial charge in [-0.2, -0.15) is 5.10 Å². The van der Waals surface area contributed by atoms with Gasteiger partial charge in [0, 0.05) is 12.7 Å². The molecule has 0 aromatic carbocycles. The molecule has 0 bridgehead atoms.